The summed E-state index contributed by atoms with van der Waals surface area (Å²) in [5.41, 5.74) is 1.60. The number of hydrogen-bond donors (Lipinski definition) is 1. The van der Waals surface area contributed by atoms with E-state index in [1.807, 2.05) is 36.6 Å². The normalized spacial score (nSPS) is 11.0. The minimum Gasteiger partial charge on any atom is -0.497 e. The quantitative estimate of drug-likeness (QED) is 0.641. The van der Waals surface area contributed by atoms with Gasteiger partial charge in [0, 0.05) is 17.3 Å². The van der Waals surface area contributed by atoms with Crippen LogP contribution in [0.15, 0.2) is 65.7 Å². The van der Waals surface area contributed by atoms with Gasteiger partial charge in [0.05, 0.1) is 12.1 Å². The number of nitrogens with one attached hydrogen (secondary N) is 1. The second-order valence-electron chi connectivity index (χ2n) is 4.30. The molecule has 0 heterocycles. The van der Waals surface area contributed by atoms with Crippen LogP contribution in [-0.2, 0) is 0 Å². The maximum absolute atomic E-state index is 12.2. The van der Waals surface area contributed by atoms with Gasteiger partial charge >= 0.3 is 0 Å². The first-order chi connectivity index (χ1) is 10.2. The fraction of sp³-hybridized carbons (Fsp3) is 0.118. The summed E-state index contributed by atoms with van der Waals surface area (Å²) in [6.07, 6.45) is 3.54. The molecule has 0 spiro atoms. The largest absolute Gasteiger partial charge is 0.497 e. The summed E-state index contributed by atoms with van der Waals surface area (Å²) in [6, 6.07) is 16.9. The van der Waals surface area contributed by atoms with Gasteiger partial charge in [0.15, 0.2) is 5.78 Å². The van der Waals surface area contributed by atoms with E-state index in [9.17, 15) is 4.79 Å². The van der Waals surface area contributed by atoms with Gasteiger partial charge in [0.2, 0.25) is 0 Å². The van der Waals surface area contributed by atoms with Crippen LogP contribution in [0.1, 0.15) is 10.4 Å². The van der Waals surface area contributed by atoms with Crippen LogP contribution in [-0.4, -0.2) is 19.1 Å². The molecule has 4 heteroatoms. The number of carbonyl (C=O) groups excluding carboxylic acids is 1. The molecule has 0 unspecified atom stereocenters. The number of anilines is 1. The molecular weight excluding hydrogens is 282 g/mol. The van der Waals surface area contributed by atoms with Gasteiger partial charge in [0.25, 0.3) is 0 Å². The highest BCUT2D eigenvalue weighted by Gasteiger charge is 2.05. The van der Waals surface area contributed by atoms with Crippen molar-refractivity contribution in [1.29, 1.82) is 0 Å². The second kappa shape index (κ2) is 7.55. The third-order valence-electron chi connectivity index (χ3n) is 2.90. The van der Waals surface area contributed by atoms with Crippen LogP contribution in [0.3, 0.4) is 0 Å². The van der Waals surface area contributed by atoms with E-state index in [-0.39, 0.29) is 5.78 Å². The lowest BCUT2D eigenvalue weighted by atomic mass is 10.1. The predicted molar refractivity (Wildman–Crippen MR) is 89.0 cm³/mol. The lowest BCUT2D eigenvalue weighted by Gasteiger charge is -2.08. The molecule has 2 aromatic carbocycles. The molecule has 0 saturated carbocycles. The lowest BCUT2D eigenvalue weighted by molar-refractivity contribution is 0.104. The number of para-hydroxylation sites is 1. The van der Waals surface area contributed by atoms with Crippen LogP contribution in [0.2, 0.25) is 0 Å². The van der Waals surface area contributed by atoms with Crippen molar-refractivity contribution in [3.05, 3.63) is 71.3 Å². The molecular formula is C17H17NO2S. The lowest BCUT2D eigenvalue weighted by Crippen LogP contribution is -2.01. The van der Waals surface area contributed by atoms with Crippen LogP contribution < -0.4 is 10.1 Å². The summed E-state index contributed by atoms with van der Waals surface area (Å²) in [6.45, 7) is 0. The van der Waals surface area contributed by atoms with E-state index in [2.05, 4.69) is 5.32 Å². The minimum absolute atomic E-state index is 0.0366. The maximum Gasteiger partial charge on any atom is 0.188 e. The smallest absolute Gasteiger partial charge is 0.188 e. The Bertz CT molecular complexity index is 621. The third-order valence-corrected chi connectivity index (χ3v) is 3.56. The fourth-order valence-corrected chi connectivity index (χ4v) is 2.21. The molecule has 3 nitrogen and oxygen atoms in total. The van der Waals surface area contributed by atoms with Crippen molar-refractivity contribution >= 4 is 23.2 Å². The summed E-state index contributed by atoms with van der Waals surface area (Å²) in [5, 5.41) is 4.04. The van der Waals surface area contributed by atoms with Gasteiger partial charge in [-0.05, 0) is 42.7 Å². The van der Waals surface area contributed by atoms with Crippen molar-refractivity contribution in [2.24, 2.45) is 0 Å². The Kier molecular flexibility index (Phi) is 5.46. The Balaban J connectivity index is 2.12. The van der Waals surface area contributed by atoms with Gasteiger partial charge in [0.1, 0.15) is 5.75 Å². The highest BCUT2D eigenvalue weighted by Crippen LogP contribution is 2.18. The van der Waals surface area contributed by atoms with Crippen molar-refractivity contribution in [2.45, 2.75) is 0 Å². The maximum atomic E-state index is 12.2. The minimum atomic E-state index is -0.0366. The molecule has 0 aliphatic carbocycles. The van der Waals surface area contributed by atoms with Gasteiger partial charge < -0.3 is 10.1 Å². The van der Waals surface area contributed by atoms with Gasteiger partial charge in [-0.15, -0.1) is 11.8 Å². The first kappa shape index (κ1) is 15.2. The van der Waals surface area contributed by atoms with E-state index in [1.165, 1.54) is 11.8 Å². The molecule has 0 aliphatic heterocycles. The highest BCUT2D eigenvalue weighted by molar-refractivity contribution is 8.02. The summed E-state index contributed by atoms with van der Waals surface area (Å²) in [5.74, 6) is 0.702. The molecule has 0 amide bonds. The Hall–Kier alpha value is -2.20. The van der Waals surface area contributed by atoms with Gasteiger partial charge in [-0.25, -0.2) is 0 Å². The zero-order valence-corrected chi connectivity index (χ0v) is 12.8. The monoisotopic (exact) mass is 299 g/mol. The van der Waals surface area contributed by atoms with Crippen LogP contribution in [0, 0.1) is 0 Å². The molecule has 0 aromatic heterocycles. The molecule has 0 fully saturated rings. The Labute approximate surface area is 129 Å². The van der Waals surface area contributed by atoms with E-state index in [1.54, 1.807) is 37.5 Å². The number of methoxy groups -OCH3 is 1. The standard InChI is InChI=1S/C17H17NO2S/c1-20-15-10-8-13(9-11-15)16(19)12-17(21-2)18-14-6-4-3-5-7-14/h3-12,18H,1-2H3/b17-12+. The molecule has 0 saturated heterocycles. The van der Waals surface area contributed by atoms with Crippen LogP contribution >= 0.6 is 11.8 Å². The molecule has 0 atom stereocenters. The topological polar surface area (TPSA) is 38.3 Å². The van der Waals surface area contributed by atoms with E-state index in [0.29, 0.717) is 5.56 Å². The number of ether oxygens (including phenoxy) is 1. The number of thioether (sulfide) groups is 1. The summed E-state index contributed by atoms with van der Waals surface area (Å²) in [7, 11) is 1.60. The van der Waals surface area contributed by atoms with E-state index < -0.39 is 0 Å². The second-order valence-corrected chi connectivity index (χ2v) is 5.14. The van der Waals surface area contributed by atoms with Gasteiger partial charge in [-0.1, -0.05) is 18.2 Å². The summed E-state index contributed by atoms with van der Waals surface area (Å²) in [4.78, 5) is 12.2. The van der Waals surface area contributed by atoms with E-state index in [4.69, 9.17) is 4.74 Å². The molecule has 0 bridgehead atoms. The van der Waals surface area contributed by atoms with E-state index >= 15 is 0 Å². The first-order valence-electron chi connectivity index (χ1n) is 6.49. The predicted octanol–water partition coefficient (Wildman–Crippen LogP) is 4.19. The first-order valence-corrected chi connectivity index (χ1v) is 7.71. The molecule has 1 N–H and O–H groups in total. The number of allylic oxidation sites excluding steroid dienone is 1. The van der Waals surface area contributed by atoms with Crippen LogP contribution in [0.25, 0.3) is 0 Å². The Morgan fingerprint density at radius 1 is 1.10 bits per heavy atom. The Morgan fingerprint density at radius 2 is 1.76 bits per heavy atom. The molecule has 21 heavy (non-hydrogen) atoms. The molecule has 2 aromatic rings. The molecule has 108 valence electrons. The molecule has 2 rings (SSSR count). The van der Waals surface area contributed by atoms with Crippen LogP contribution in [0.5, 0.6) is 5.75 Å². The van der Waals surface area contributed by atoms with E-state index in [0.717, 1.165) is 16.5 Å². The van der Waals surface area contributed by atoms with Crippen molar-refractivity contribution in [3.8, 4) is 5.75 Å². The number of hydrogen-bond acceptors (Lipinski definition) is 4. The van der Waals surface area contributed by atoms with Crippen molar-refractivity contribution in [3.63, 3.8) is 0 Å². The van der Waals surface area contributed by atoms with Crippen molar-refractivity contribution in [2.75, 3.05) is 18.7 Å². The zero-order chi connectivity index (χ0) is 15.1. The average Bonchev–Trinajstić information content (AvgIpc) is 2.55. The number of ketones is 1. The van der Waals surface area contributed by atoms with Crippen LogP contribution in [0.4, 0.5) is 5.69 Å². The van der Waals surface area contributed by atoms with Crippen molar-refractivity contribution in [1.82, 2.24) is 0 Å². The SMILES string of the molecule is COc1ccc(C(=O)/C=C(\Nc2ccccc2)SC)cc1. The summed E-state index contributed by atoms with van der Waals surface area (Å²) < 4.78 is 5.09. The van der Waals surface area contributed by atoms with Crippen molar-refractivity contribution < 1.29 is 9.53 Å². The molecule has 0 radical (unpaired) electrons. The molecule has 0 aliphatic rings. The van der Waals surface area contributed by atoms with Gasteiger partial charge in [-0.2, -0.15) is 0 Å². The number of benzene rings is 2. The highest BCUT2D eigenvalue weighted by atomic mass is 32.2. The number of rotatable bonds is 6. The summed E-state index contributed by atoms with van der Waals surface area (Å²) >= 11 is 1.50. The fourth-order valence-electron chi connectivity index (χ4n) is 1.77. The zero-order valence-electron chi connectivity index (χ0n) is 12.0. The third kappa shape index (κ3) is 4.39. The van der Waals surface area contributed by atoms with Gasteiger partial charge in [-0.3, -0.25) is 4.79 Å². The Morgan fingerprint density at radius 3 is 2.33 bits per heavy atom. The average molecular weight is 299 g/mol. The number of carbonyl (C=O) groups is 1.